The van der Waals surface area contributed by atoms with Crippen LogP contribution >= 0.6 is 0 Å². The number of ether oxygens (including phenoxy) is 1. The SMILES string of the molecule is Cc1ccc(COC(=O)C(O)(C(F)(F)F)C(F)(F)F)cc1. The van der Waals surface area contributed by atoms with Crippen LogP contribution in [0, 0.1) is 6.92 Å². The first-order chi connectivity index (χ1) is 9.39. The molecular weight excluding hydrogens is 306 g/mol. The highest BCUT2D eigenvalue weighted by molar-refractivity contribution is 5.81. The molecule has 118 valence electrons. The molecule has 1 aromatic carbocycles. The Hall–Kier alpha value is -1.77. The third-order valence-corrected chi connectivity index (χ3v) is 2.61. The molecule has 0 atom stereocenters. The predicted molar refractivity (Wildman–Crippen MR) is 58.0 cm³/mol. The van der Waals surface area contributed by atoms with Crippen molar-refractivity contribution in [3.63, 3.8) is 0 Å². The minimum atomic E-state index is -6.24. The highest BCUT2D eigenvalue weighted by atomic mass is 19.4. The van der Waals surface area contributed by atoms with Gasteiger partial charge in [0.15, 0.2) is 0 Å². The van der Waals surface area contributed by atoms with E-state index in [0.29, 0.717) is 0 Å². The van der Waals surface area contributed by atoms with Crippen molar-refractivity contribution in [2.24, 2.45) is 0 Å². The number of benzene rings is 1. The van der Waals surface area contributed by atoms with E-state index in [1.54, 1.807) is 6.92 Å². The Morgan fingerprint density at radius 1 is 1.05 bits per heavy atom. The summed E-state index contributed by atoms with van der Waals surface area (Å²) in [6.45, 7) is 0.884. The maximum absolute atomic E-state index is 12.4. The number of hydrogen-bond donors (Lipinski definition) is 1. The predicted octanol–water partition coefficient (Wildman–Crippen LogP) is 2.89. The summed E-state index contributed by atoms with van der Waals surface area (Å²) >= 11 is 0. The lowest BCUT2D eigenvalue weighted by molar-refractivity contribution is -0.357. The van der Waals surface area contributed by atoms with E-state index >= 15 is 0 Å². The van der Waals surface area contributed by atoms with Crippen LogP contribution in [0.2, 0.25) is 0 Å². The molecule has 0 saturated carbocycles. The van der Waals surface area contributed by atoms with Crippen molar-refractivity contribution >= 4 is 5.97 Å². The summed E-state index contributed by atoms with van der Waals surface area (Å²) in [6.07, 6.45) is -12.5. The third kappa shape index (κ3) is 3.46. The number of halogens is 6. The molecule has 0 aliphatic carbocycles. The third-order valence-electron chi connectivity index (χ3n) is 2.61. The molecule has 9 heteroatoms. The van der Waals surface area contributed by atoms with Crippen molar-refractivity contribution in [1.82, 2.24) is 0 Å². The summed E-state index contributed by atoms with van der Waals surface area (Å²) in [4.78, 5) is 11.1. The van der Waals surface area contributed by atoms with E-state index < -0.39 is 30.5 Å². The van der Waals surface area contributed by atoms with Crippen LogP contribution in [0.4, 0.5) is 26.3 Å². The van der Waals surface area contributed by atoms with Crippen molar-refractivity contribution < 1.29 is 41.0 Å². The standard InChI is InChI=1S/C12H10F6O3/c1-7-2-4-8(5-3-7)6-21-9(19)10(20,11(13,14)15)12(16,17)18/h2-5,20H,6H2,1H3. The Morgan fingerprint density at radius 2 is 1.48 bits per heavy atom. The Kier molecular flexibility index (Phi) is 4.57. The lowest BCUT2D eigenvalue weighted by Crippen LogP contribution is -2.62. The van der Waals surface area contributed by atoms with Crippen LogP contribution in [0.15, 0.2) is 24.3 Å². The number of carbonyl (C=O) groups excluding carboxylic acids is 1. The molecule has 0 radical (unpaired) electrons. The largest absolute Gasteiger partial charge is 0.458 e. The maximum atomic E-state index is 12.4. The van der Waals surface area contributed by atoms with Crippen molar-refractivity contribution in [3.05, 3.63) is 35.4 Å². The Bertz CT molecular complexity index is 489. The normalized spacial score (nSPS) is 13.1. The topological polar surface area (TPSA) is 46.5 Å². The average Bonchev–Trinajstić information content (AvgIpc) is 2.34. The second-order valence-electron chi connectivity index (χ2n) is 4.27. The van der Waals surface area contributed by atoms with E-state index in [4.69, 9.17) is 5.11 Å². The van der Waals surface area contributed by atoms with Gasteiger partial charge in [0.1, 0.15) is 6.61 Å². The molecule has 0 aromatic heterocycles. The molecular formula is C12H10F6O3. The number of aliphatic hydroxyl groups is 1. The van der Waals surface area contributed by atoms with Gasteiger partial charge in [0.25, 0.3) is 0 Å². The number of esters is 1. The molecule has 0 aliphatic heterocycles. The van der Waals surface area contributed by atoms with Crippen LogP contribution in [0.3, 0.4) is 0 Å². The lowest BCUT2D eigenvalue weighted by atomic mass is 10.0. The maximum Gasteiger partial charge on any atom is 0.437 e. The van der Waals surface area contributed by atoms with E-state index in [9.17, 15) is 31.1 Å². The Morgan fingerprint density at radius 3 is 1.86 bits per heavy atom. The highest BCUT2D eigenvalue weighted by Gasteiger charge is 2.76. The van der Waals surface area contributed by atoms with Gasteiger partial charge in [-0.25, -0.2) is 4.79 Å². The zero-order valence-corrected chi connectivity index (χ0v) is 10.5. The fourth-order valence-electron chi connectivity index (χ4n) is 1.33. The van der Waals surface area contributed by atoms with Gasteiger partial charge in [-0.1, -0.05) is 29.8 Å². The van der Waals surface area contributed by atoms with Gasteiger partial charge in [0.05, 0.1) is 0 Å². The highest BCUT2D eigenvalue weighted by Crippen LogP contribution is 2.43. The monoisotopic (exact) mass is 316 g/mol. The quantitative estimate of drug-likeness (QED) is 0.689. The second-order valence-corrected chi connectivity index (χ2v) is 4.27. The molecule has 0 amide bonds. The van der Waals surface area contributed by atoms with Crippen LogP contribution in [0.5, 0.6) is 0 Å². The van der Waals surface area contributed by atoms with E-state index in [0.717, 1.165) is 5.56 Å². The average molecular weight is 316 g/mol. The molecule has 0 heterocycles. The first-order valence-corrected chi connectivity index (χ1v) is 5.48. The molecule has 21 heavy (non-hydrogen) atoms. The first kappa shape index (κ1) is 17.3. The minimum absolute atomic E-state index is 0.181. The van der Waals surface area contributed by atoms with Crippen LogP contribution in [0.25, 0.3) is 0 Å². The van der Waals surface area contributed by atoms with Gasteiger partial charge in [0, 0.05) is 0 Å². The van der Waals surface area contributed by atoms with Gasteiger partial charge >= 0.3 is 23.9 Å². The van der Waals surface area contributed by atoms with Gasteiger partial charge in [-0.2, -0.15) is 26.3 Å². The lowest BCUT2D eigenvalue weighted by Gasteiger charge is -2.29. The smallest absolute Gasteiger partial charge is 0.437 e. The van der Waals surface area contributed by atoms with Gasteiger partial charge in [0.2, 0.25) is 0 Å². The zero-order chi connectivity index (χ0) is 16.5. The molecule has 0 saturated heterocycles. The molecule has 1 aromatic rings. The van der Waals surface area contributed by atoms with Gasteiger partial charge in [-0.05, 0) is 12.5 Å². The Labute approximate surface area is 115 Å². The number of aryl methyl sites for hydroxylation is 1. The van der Waals surface area contributed by atoms with Gasteiger partial charge in [-0.3, -0.25) is 0 Å². The van der Waals surface area contributed by atoms with Crippen molar-refractivity contribution in [2.75, 3.05) is 0 Å². The number of rotatable bonds is 3. The van der Waals surface area contributed by atoms with Crippen LogP contribution in [-0.4, -0.2) is 29.0 Å². The number of carbonyl (C=O) groups is 1. The second kappa shape index (κ2) is 5.55. The molecule has 0 fully saturated rings. The van der Waals surface area contributed by atoms with E-state index in [2.05, 4.69) is 4.74 Å². The minimum Gasteiger partial charge on any atom is -0.458 e. The fraction of sp³-hybridized carbons (Fsp3) is 0.417. The summed E-state index contributed by atoms with van der Waals surface area (Å²) < 4.78 is 78.1. The van der Waals surface area contributed by atoms with E-state index in [-0.39, 0.29) is 5.56 Å². The van der Waals surface area contributed by atoms with Gasteiger partial charge in [-0.15, -0.1) is 0 Å². The summed E-state index contributed by atoms with van der Waals surface area (Å²) in [6, 6.07) is 5.79. The summed E-state index contributed by atoms with van der Waals surface area (Å²) in [5, 5.41) is 8.75. The Balaban J connectivity index is 2.91. The number of hydrogen-bond acceptors (Lipinski definition) is 3. The van der Waals surface area contributed by atoms with Crippen LogP contribution in [0.1, 0.15) is 11.1 Å². The fourth-order valence-corrected chi connectivity index (χ4v) is 1.33. The van der Waals surface area contributed by atoms with Crippen molar-refractivity contribution in [2.45, 2.75) is 31.5 Å². The molecule has 0 bridgehead atoms. The summed E-state index contributed by atoms with van der Waals surface area (Å²) in [5.74, 6) is -2.82. The summed E-state index contributed by atoms with van der Waals surface area (Å²) in [7, 11) is 0. The number of alkyl halides is 6. The molecule has 1 rings (SSSR count). The van der Waals surface area contributed by atoms with Crippen molar-refractivity contribution in [1.29, 1.82) is 0 Å². The van der Waals surface area contributed by atoms with E-state index in [1.165, 1.54) is 24.3 Å². The van der Waals surface area contributed by atoms with Gasteiger partial charge < -0.3 is 9.84 Å². The molecule has 1 N–H and O–H groups in total. The molecule has 0 spiro atoms. The van der Waals surface area contributed by atoms with Crippen LogP contribution < -0.4 is 0 Å². The van der Waals surface area contributed by atoms with Crippen LogP contribution in [-0.2, 0) is 16.1 Å². The zero-order valence-electron chi connectivity index (χ0n) is 10.5. The first-order valence-electron chi connectivity index (χ1n) is 5.48. The molecule has 0 unspecified atom stereocenters. The molecule has 0 aliphatic rings. The summed E-state index contributed by atoms with van der Waals surface area (Å²) in [5.41, 5.74) is -4.57. The molecule has 3 nitrogen and oxygen atoms in total. The van der Waals surface area contributed by atoms with E-state index in [1.807, 2.05) is 0 Å². The van der Waals surface area contributed by atoms with Crippen molar-refractivity contribution in [3.8, 4) is 0 Å².